The van der Waals surface area contributed by atoms with E-state index in [1.807, 2.05) is 47.3 Å². The molecule has 13 heavy (non-hydrogen) atoms. The molecule has 1 aromatic rings. The first kappa shape index (κ1) is 8.99. The van der Waals surface area contributed by atoms with Gasteiger partial charge in [0, 0.05) is 11.5 Å². The highest BCUT2D eigenvalue weighted by Crippen LogP contribution is 2.32. The number of benzene rings is 1. The van der Waals surface area contributed by atoms with Gasteiger partial charge in [0.15, 0.2) is 28.8 Å². The zero-order valence-corrected chi connectivity index (χ0v) is 9.15. The average Bonchev–Trinajstić information content (AvgIpc) is 3.00. The summed E-state index contributed by atoms with van der Waals surface area (Å²) in [7, 11) is 0. The fourth-order valence-corrected chi connectivity index (χ4v) is 1.55. The Morgan fingerprint density at radius 2 is 1.92 bits per heavy atom. The van der Waals surface area contributed by atoms with Crippen molar-refractivity contribution < 1.29 is 7.86 Å². The van der Waals surface area contributed by atoms with Crippen LogP contribution in [0.3, 0.4) is 0 Å². The van der Waals surface area contributed by atoms with Crippen LogP contribution in [0.25, 0.3) is 0 Å². The summed E-state index contributed by atoms with van der Waals surface area (Å²) in [5.41, 5.74) is 0.805. The molecule has 1 aliphatic rings. The van der Waals surface area contributed by atoms with E-state index in [4.69, 9.17) is 3.07 Å². The number of halogens is 1. The number of rotatable bonds is 3. The van der Waals surface area contributed by atoms with Crippen LogP contribution >= 0.6 is 23.0 Å². The predicted molar refractivity (Wildman–Crippen MR) is 58.1 cm³/mol. The van der Waals surface area contributed by atoms with Crippen molar-refractivity contribution in [1.82, 2.24) is 0 Å². The van der Waals surface area contributed by atoms with E-state index in [-0.39, 0.29) is 5.78 Å². The summed E-state index contributed by atoms with van der Waals surface area (Å²) >= 11 is 1.82. The van der Waals surface area contributed by atoms with Crippen molar-refractivity contribution in [2.45, 2.75) is 12.8 Å². The van der Waals surface area contributed by atoms with Crippen LogP contribution in [0.5, 0.6) is 5.75 Å². The van der Waals surface area contributed by atoms with Crippen LogP contribution in [0, 0.1) is 5.92 Å². The fraction of sp³-hybridized carbons (Fsp3) is 0.300. The van der Waals surface area contributed by atoms with Crippen molar-refractivity contribution in [1.29, 1.82) is 0 Å². The topological polar surface area (TPSA) is 26.3 Å². The van der Waals surface area contributed by atoms with E-state index in [0.717, 1.165) is 24.2 Å². The second-order valence-electron chi connectivity index (χ2n) is 3.24. The second kappa shape index (κ2) is 3.65. The number of hydrogen-bond acceptors (Lipinski definition) is 2. The fourth-order valence-electron chi connectivity index (χ4n) is 1.25. The molecular formula is C10H9IO2. The molecule has 0 heterocycles. The van der Waals surface area contributed by atoms with Gasteiger partial charge in [0.05, 0.1) is 0 Å². The van der Waals surface area contributed by atoms with E-state index in [9.17, 15) is 4.79 Å². The van der Waals surface area contributed by atoms with Gasteiger partial charge in [0.1, 0.15) is 5.75 Å². The summed E-state index contributed by atoms with van der Waals surface area (Å²) < 4.78 is 4.98. The Morgan fingerprint density at radius 3 is 2.38 bits per heavy atom. The first-order valence-corrected chi connectivity index (χ1v) is 5.12. The third-order valence-electron chi connectivity index (χ3n) is 2.18. The molecule has 1 saturated carbocycles. The molecule has 3 heteroatoms. The Hall–Kier alpha value is -0.580. The lowest BCUT2D eigenvalue weighted by atomic mass is 10.1. The molecule has 2 nitrogen and oxygen atoms in total. The van der Waals surface area contributed by atoms with E-state index < -0.39 is 0 Å². The largest absolute Gasteiger partial charge is 0.428 e. The zero-order valence-electron chi connectivity index (χ0n) is 7.00. The summed E-state index contributed by atoms with van der Waals surface area (Å²) in [5.74, 6) is 1.36. The first-order valence-electron chi connectivity index (χ1n) is 4.24. The quantitative estimate of drug-likeness (QED) is 0.631. The van der Waals surface area contributed by atoms with E-state index in [2.05, 4.69) is 0 Å². The molecule has 1 aromatic carbocycles. The average molecular weight is 288 g/mol. The third-order valence-corrected chi connectivity index (χ3v) is 2.68. The van der Waals surface area contributed by atoms with Gasteiger partial charge in [0.2, 0.25) is 0 Å². The van der Waals surface area contributed by atoms with Gasteiger partial charge in [-0.2, -0.15) is 0 Å². The molecule has 1 fully saturated rings. The summed E-state index contributed by atoms with van der Waals surface area (Å²) in [6.07, 6.45) is 2.12. The van der Waals surface area contributed by atoms with Crippen molar-refractivity contribution in [2.75, 3.05) is 0 Å². The van der Waals surface area contributed by atoms with Crippen molar-refractivity contribution in [3.05, 3.63) is 29.8 Å². The van der Waals surface area contributed by atoms with E-state index in [1.54, 1.807) is 0 Å². The molecule has 0 amide bonds. The molecule has 0 bridgehead atoms. The smallest absolute Gasteiger partial charge is 0.192 e. The minimum Gasteiger partial charge on any atom is -0.428 e. The summed E-state index contributed by atoms with van der Waals surface area (Å²) in [6, 6.07) is 7.30. The van der Waals surface area contributed by atoms with E-state index in [0.29, 0.717) is 5.92 Å². The number of carbonyl (C=O) groups is 1. The van der Waals surface area contributed by atoms with Crippen LogP contribution in [0.1, 0.15) is 23.2 Å². The highest BCUT2D eigenvalue weighted by atomic mass is 127. The Bertz CT molecular complexity index is 314. The highest BCUT2D eigenvalue weighted by Gasteiger charge is 2.30. The molecule has 2 rings (SSSR count). The van der Waals surface area contributed by atoms with E-state index in [1.165, 1.54) is 0 Å². The summed E-state index contributed by atoms with van der Waals surface area (Å²) in [4.78, 5) is 11.6. The molecule has 0 aliphatic heterocycles. The molecule has 1 aliphatic carbocycles. The Kier molecular flexibility index (Phi) is 2.53. The van der Waals surface area contributed by atoms with Gasteiger partial charge in [-0.25, -0.2) is 0 Å². The van der Waals surface area contributed by atoms with Gasteiger partial charge in [-0.1, -0.05) is 0 Å². The van der Waals surface area contributed by atoms with Crippen LogP contribution in [-0.2, 0) is 0 Å². The minimum atomic E-state index is 0.278. The van der Waals surface area contributed by atoms with Crippen molar-refractivity contribution in [2.24, 2.45) is 5.92 Å². The predicted octanol–water partition coefficient (Wildman–Crippen LogP) is 3.01. The number of hydrogen-bond donors (Lipinski definition) is 0. The molecule has 0 spiro atoms. The van der Waals surface area contributed by atoms with Gasteiger partial charge in [-0.15, -0.1) is 0 Å². The standard InChI is InChI=1S/C10H9IO2/c11-13-9-5-3-8(4-6-9)10(12)7-1-2-7/h3-7H,1-2H2. The maximum absolute atomic E-state index is 11.6. The van der Waals surface area contributed by atoms with Crippen LogP contribution in [0.2, 0.25) is 0 Å². The van der Waals surface area contributed by atoms with E-state index >= 15 is 0 Å². The highest BCUT2D eigenvalue weighted by molar-refractivity contribution is 14.1. The van der Waals surface area contributed by atoms with Crippen LogP contribution in [0.4, 0.5) is 0 Å². The van der Waals surface area contributed by atoms with Gasteiger partial charge in [-0.05, 0) is 37.1 Å². The normalized spacial score (nSPS) is 15.5. The van der Waals surface area contributed by atoms with Crippen molar-refractivity contribution in [3.63, 3.8) is 0 Å². The molecule has 68 valence electrons. The lowest BCUT2D eigenvalue weighted by molar-refractivity contribution is 0.0967. The van der Waals surface area contributed by atoms with Crippen LogP contribution < -0.4 is 3.07 Å². The van der Waals surface area contributed by atoms with Crippen LogP contribution in [-0.4, -0.2) is 5.78 Å². The third kappa shape index (κ3) is 2.02. The van der Waals surface area contributed by atoms with Gasteiger partial charge < -0.3 is 3.07 Å². The SMILES string of the molecule is O=C(c1ccc(OI)cc1)C1CC1. The van der Waals surface area contributed by atoms with Gasteiger partial charge >= 0.3 is 0 Å². The summed E-state index contributed by atoms with van der Waals surface area (Å²) in [6.45, 7) is 0. The van der Waals surface area contributed by atoms with Gasteiger partial charge in [0.25, 0.3) is 0 Å². The molecular weight excluding hydrogens is 279 g/mol. The monoisotopic (exact) mass is 288 g/mol. The molecule has 0 aromatic heterocycles. The minimum absolute atomic E-state index is 0.278. The van der Waals surface area contributed by atoms with Crippen molar-refractivity contribution in [3.8, 4) is 5.75 Å². The van der Waals surface area contributed by atoms with Crippen molar-refractivity contribution >= 4 is 28.8 Å². The zero-order chi connectivity index (χ0) is 9.26. The first-order chi connectivity index (χ1) is 6.31. The second-order valence-corrected chi connectivity index (χ2v) is 3.68. The lowest BCUT2D eigenvalue weighted by Gasteiger charge is -1.99. The Labute approximate surface area is 91.0 Å². The number of carbonyl (C=O) groups excluding carboxylic acids is 1. The van der Waals surface area contributed by atoms with Gasteiger partial charge in [-0.3, -0.25) is 4.79 Å². The maximum Gasteiger partial charge on any atom is 0.192 e. The summed E-state index contributed by atoms with van der Waals surface area (Å²) in [5, 5.41) is 0. The van der Waals surface area contributed by atoms with Crippen LogP contribution in [0.15, 0.2) is 24.3 Å². The molecule has 0 atom stereocenters. The molecule has 0 N–H and O–H groups in total. The Balaban J connectivity index is 2.16. The Morgan fingerprint density at radius 1 is 1.31 bits per heavy atom. The molecule has 0 saturated heterocycles. The number of ketones is 1. The lowest BCUT2D eigenvalue weighted by Crippen LogP contribution is -2.00. The molecule has 0 radical (unpaired) electrons. The maximum atomic E-state index is 11.6. The number of Topliss-reactive ketones (excluding diaryl/α,β-unsaturated/α-hetero) is 1. The molecule has 0 unspecified atom stereocenters.